The van der Waals surface area contributed by atoms with Crippen molar-refractivity contribution in [1.29, 1.82) is 0 Å². The number of hydrogen-bond donors (Lipinski definition) is 1. The quantitative estimate of drug-likeness (QED) is 0.831. The fourth-order valence-corrected chi connectivity index (χ4v) is 4.59. The van der Waals surface area contributed by atoms with Crippen LogP contribution >= 0.6 is 0 Å². The summed E-state index contributed by atoms with van der Waals surface area (Å²) in [6, 6.07) is 6.15. The van der Waals surface area contributed by atoms with Crippen molar-refractivity contribution in [2.75, 3.05) is 37.8 Å². The summed E-state index contributed by atoms with van der Waals surface area (Å²) in [6.45, 7) is 2.11. The minimum Gasteiger partial charge on any atom is -0.378 e. The Labute approximate surface area is 140 Å². The van der Waals surface area contributed by atoms with Crippen LogP contribution in [0.3, 0.4) is 0 Å². The first-order valence-electron chi connectivity index (χ1n) is 7.93. The fourth-order valence-electron chi connectivity index (χ4n) is 2.92. The molecule has 0 saturated carbocycles. The zero-order valence-electron chi connectivity index (χ0n) is 13.2. The molecule has 2 heterocycles. The summed E-state index contributed by atoms with van der Waals surface area (Å²) in [7, 11) is -3.05. The molecule has 1 N–H and O–H groups in total. The number of carbonyl (C=O) groups is 2. The summed E-state index contributed by atoms with van der Waals surface area (Å²) in [4.78, 5) is 26.5. The molecule has 1 aromatic rings. The molecule has 0 bridgehead atoms. The van der Waals surface area contributed by atoms with Gasteiger partial charge in [-0.2, -0.15) is 0 Å². The van der Waals surface area contributed by atoms with Gasteiger partial charge in [0.25, 0.3) is 11.8 Å². The SMILES string of the molecule is O=C(NC1CCS(=O)(=O)C1)c1cccc(C(=O)N2CCOCC2)c1. The van der Waals surface area contributed by atoms with Crippen LogP contribution in [0.15, 0.2) is 24.3 Å². The minimum atomic E-state index is -3.05. The van der Waals surface area contributed by atoms with Crippen molar-refractivity contribution >= 4 is 21.7 Å². The average molecular weight is 352 g/mol. The number of amides is 2. The van der Waals surface area contributed by atoms with E-state index in [1.54, 1.807) is 29.2 Å². The van der Waals surface area contributed by atoms with Gasteiger partial charge in [-0.05, 0) is 24.6 Å². The van der Waals surface area contributed by atoms with Crippen LogP contribution in [-0.4, -0.2) is 69.0 Å². The zero-order chi connectivity index (χ0) is 17.2. The molecule has 2 saturated heterocycles. The molecule has 0 radical (unpaired) electrons. The summed E-state index contributed by atoms with van der Waals surface area (Å²) >= 11 is 0. The van der Waals surface area contributed by atoms with Crippen molar-refractivity contribution in [2.24, 2.45) is 0 Å². The molecule has 1 aromatic carbocycles. The third-order valence-corrected chi connectivity index (χ3v) is 6.01. The Morgan fingerprint density at radius 1 is 1.17 bits per heavy atom. The Hall–Kier alpha value is -1.93. The van der Waals surface area contributed by atoms with Gasteiger partial charge >= 0.3 is 0 Å². The summed E-state index contributed by atoms with van der Waals surface area (Å²) in [6.07, 6.45) is 0.431. The van der Waals surface area contributed by atoms with Gasteiger partial charge in [0, 0.05) is 30.3 Å². The van der Waals surface area contributed by atoms with Gasteiger partial charge in [0.2, 0.25) is 0 Å². The fraction of sp³-hybridized carbons (Fsp3) is 0.500. The van der Waals surface area contributed by atoms with E-state index in [-0.39, 0.29) is 29.4 Å². The third kappa shape index (κ3) is 3.93. The second kappa shape index (κ2) is 6.90. The summed E-state index contributed by atoms with van der Waals surface area (Å²) in [5.41, 5.74) is 0.807. The number of carbonyl (C=O) groups excluding carboxylic acids is 2. The van der Waals surface area contributed by atoms with Crippen LogP contribution in [0.1, 0.15) is 27.1 Å². The second-order valence-corrected chi connectivity index (χ2v) is 8.29. The molecule has 1 atom stereocenters. The maximum atomic E-state index is 12.5. The second-order valence-electron chi connectivity index (χ2n) is 6.06. The van der Waals surface area contributed by atoms with Crippen LogP contribution in [0.4, 0.5) is 0 Å². The highest BCUT2D eigenvalue weighted by atomic mass is 32.2. The van der Waals surface area contributed by atoms with E-state index >= 15 is 0 Å². The molecule has 3 rings (SSSR count). The van der Waals surface area contributed by atoms with E-state index in [1.165, 1.54) is 0 Å². The summed E-state index contributed by atoms with van der Waals surface area (Å²) in [5, 5.41) is 2.73. The van der Waals surface area contributed by atoms with Gasteiger partial charge in [-0.25, -0.2) is 8.42 Å². The molecule has 2 amide bonds. The Morgan fingerprint density at radius 2 is 1.88 bits per heavy atom. The minimum absolute atomic E-state index is 0.0227. The van der Waals surface area contributed by atoms with E-state index in [4.69, 9.17) is 4.74 Å². The van der Waals surface area contributed by atoms with Gasteiger partial charge in [0.15, 0.2) is 9.84 Å². The van der Waals surface area contributed by atoms with Gasteiger partial charge in [-0.1, -0.05) is 6.07 Å². The van der Waals surface area contributed by atoms with Crippen molar-refractivity contribution < 1.29 is 22.7 Å². The van der Waals surface area contributed by atoms with Crippen molar-refractivity contribution in [3.8, 4) is 0 Å². The van der Waals surface area contributed by atoms with Gasteiger partial charge < -0.3 is 15.0 Å². The molecule has 2 aliphatic heterocycles. The molecular formula is C16H20N2O5S. The zero-order valence-corrected chi connectivity index (χ0v) is 14.0. The molecule has 0 aromatic heterocycles. The van der Waals surface area contributed by atoms with Crippen LogP contribution in [0.25, 0.3) is 0 Å². The lowest BCUT2D eigenvalue weighted by Crippen LogP contribution is -2.40. The van der Waals surface area contributed by atoms with Crippen LogP contribution in [0.2, 0.25) is 0 Å². The molecule has 7 nitrogen and oxygen atoms in total. The van der Waals surface area contributed by atoms with Crippen molar-refractivity contribution in [2.45, 2.75) is 12.5 Å². The molecule has 0 aliphatic carbocycles. The Bertz CT molecular complexity index is 741. The highest BCUT2D eigenvalue weighted by Crippen LogP contribution is 2.14. The Kier molecular flexibility index (Phi) is 4.86. The molecule has 8 heteroatoms. The number of ether oxygens (including phenoxy) is 1. The number of hydrogen-bond acceptors (Lipinski definition) is 5. The summed E-state index contributed by atoms with van der Waals surface area (Å²) in [5.74, 6) is -0.399. The van der Waals surface area contributed by atoms with Crippen molar-refractivity contribution in [1.82, 2.24) is 10.2 Å². The van der Waals surface area contributed by atoms with Crippen LogP contribution in [-0.2, 0) is 14.6 Å². The van der Waals surface area contributed by atoms with E-state index in [9.17, 15) is 18.0 Å². The smallest absolute Gasteiger partial charge is 0.254 e. The Morgan fingerprint density at radius 3 is 2.54 bits per heavy atom. The predicted octanol–water partition coefficient (Wildman–Crippen LogP) is 0.0759. The Balaban J connectivity index is 1.68. The number of sulfone groups is 1. The van der Waals surface area contributed by atoms with Gasteiger partial charge in [0.1, 0.15) is 0 Å². The number of nitrogens with zero attached hydrogens (tertiary/aromatic N) is 1. The first-order valence-corrected chi connectivity index (χ1v) is 9.75. The first-order chi connectivity index (χ1) is 11.4. The lowest BCUT2D eigenvalue weighted by atomic mass is 10.1. The van der Waals surface area contributed by atoms with E-state index < -0.39 is 9.84 Å². The highest BCUT2D eigenvalue weighted by Gasteiger charge is 2.29. The van der Waals surface area contributed by atoms with Gasteiger partial charge in [0.05, 0.1) is 24.7 Å². The number of morpholine rings is 1. The largest absolute Gasteiger partial charge is 0.378 e. The molecule has 2 fully saturated rings. The van der Waals surface area contributed by atoms with E-state index in [0.717, 1.165) is 0 Å². The maximum absolute atomic E-state index is 12.5. The predicted molar refractivity (Wildman–Crippen MR) is 87.7 cm³/mol. The molecule has 24 heavy (non-hydrogen) atoms. The molecule has 0 spiro atoms. The average Bonchev–Trinajstić information content (AvgIpc) is 2.93. The molecule has 130 valence electrons. The standard InChI is InChI=1S/C16H20N2O5S/c19-15(17-14-4-9-24(21,22)11-14)12-2-1-3-13(10-12)16(20)18-5-7-23-8-6-18/h1-3,10,14H,4-9,11H2,(H,17,19). The summed E-state index contributed by atoms with van der Waals surface area (Å²) < 4.78 is 28.2. The highest BCUT2D eigenvalue weighted by molar-refractivity contribution is 7.91. The van der Waals surface area contributed by atoms with Crippen LogP contribution < -0.4 is 5.32 Å². The third-order valence-electron chi connectivity index (χ3n) is 4.24. The van der Waals surface area contributed by atoms with Crippen molar-refractivity contribution in [3.05, 3.63) is 35.4 Å². The van der Waals surface area contributed by atoms with E-state index in [1.807, 2.05) is 0 Å². The lowest BCUT2D eigenvalue weighted by Gasteiger charge is -2.27. The van der Waals surface area contributed by atoms with Crippen LogP contribution in [0.5, 0.6) is 0 Å². The number of rotatable bonds is 3. The van der Waals surface area contributed by atoms with Gasteiger partial charge in [-0.3, -0.25) is 9.59 Å². The molecule has 2 aliphatic rings. The van der Waals surface area contributed by atoms with Crippen LogP contribution in [0, 0.1) is 0 Å². The monoisotopic (exact) mass is 352 g/mol. The van der Waals surface area contributed by atoms with Gasteiger partial charge in [-0.15, -0.1) is 0 Å². The number of nitrogens with one attached hydrogen (secondary N) is 1. The maximum Gasteiger partial charge on any atom is 0.254 e. The normalized spacial score (nSPS) is 23.0. The van der Waals surface area contributed by atoms with E-state index in [2.05, 4.69) is 5.32 Å². The number of benzene rings is 1. The molecular weight excluding hydrogens is 332 g/mol. The first kappa shape index (κ1) is 16.9. The van der Waals surface area contributed by atoms with Crippen molar-refractivity contribution in [3.63, 3.8) is 0 Å². The topological polar surface area (TPSA) is 92.8 Å². The molecule has 1 unspecified atom stereocenters. The lowest BCUT2D eigenvalue weighted by molar-refractivity contribution is 0.0303. The van der Waals surface area contributed by atoms with E-state index in [0.29, 0.717) is 43.9 Å².